The van der Waals surface area contributed by atoms with Crippen LogP contribution in [0.4, 0.5) is 11.5 Å². The van der Waals surface area contributed by atoms with Crippen molar-refractivity contribution in [3.05, 3.63) is 53.2 Å². The molecule has 1 aliphatic rings. The first-order chi connectivity index (χ1) is 15.2. The number of nitrogens with zero attached hydrogens (tertiary/aromatic N) is 2. The number of hydrogen-bond acceptors (Lipinski definition) is 5. The number of rotatable bonds is 7. The number of aromatic nitrogens is 1. The Labute approximate surface area is 192 Å². The second kappa shape index (κ2) is 10.5. The van der Waals surface area contributed by atoms with Gasteiger partial charge in [-0.05, 0) is 55.2 Å². The Hall–Kier alpha value is -3.13. The zero-order valence-corrected chi connectivity index (χ0v) is 18.9. The fourth-order valence-electron chi connectivity index (χ4n) is 3.65. The average Bonchev–Trinajstić information content (AvgIpc) is 2.78. The molecule has 3 amide bonds. The molecule has 2 atom stereocenters. The standard InChI is InChI=1S/C23H28ClN5O3/c1-14(2)20(28-22(31)15-5-7-17(24)8-6-15)23(32)27-18-9-10-19(26-12-18)29-11-3-4-16(13-29)21(25)30/h5-10,12,14,16,20H,3-4,11,13H2,1-2H3,(H2,25,30)(H,27,32)(H,28,31). The molecule has 0 spiro atoms. The highest BCUT2D eigenvalue weighted by Crippen LogP contribution is 2.22. The SMILES string of the molecule is CC(C)C(NC(=O)c1ccc(Cl)cc1)C(=O)Nc1ccc(N2CCCC(C(N)=O)C2)nc1. The summed E-state index contributed by atoms with van der Waals surface area (Å²) < 4.78 is 0. The number of benzene rings is 1. The Morgan fingerprint density at radius 1 is 1.16 bits per heavy atom. The Balaban J connectivity index is 1.63. The van der Waals surface area contributed by atoms with Crippen molar-refractivity contribution in [3.8, 4) is 0 Å². The van der Waals surface area contributed by atoms with E-state index in [0.29, 0.717) is 22.8 Å². The van der Waals surface area contributed by atoms with Crippen LogP contribution in [0.25, 0.3) is 0 Å². The summed E-state index contributed by atoms with van der Waals surface area (Å²) in [7, 11) is 0. The van der Waals surface area contributed by atoms with Gasteiger partial charge < -0.3 is 21.3 Å². The van der Waals surface area contributed by atoms with E-state index in [-0.39, 0.29) is 29.6 Å². The topological polar surface area (TPSA) is 117 Å². The molecule has 4 N–H and O–H groups in total. The smallest absolute Gasteiger partial charge is 0.251 e. The summed E-state index contributed by atoms with van der Waals surface area (Å²) in [6, 6.07) is 9.31. The van der Waals surface area contributed by atoms with Crippen molar-refractivity contribution in [1.29, 1.82) is 0 Å². The van der Waals surface area contributed by atoms with Gasteiger partial charge in [0.05, 0.1) is 17.8 Å². The second-order valence-corrected chi connectivity index (χ2v) is 8.72. The molecule has 2 aromatic rings. The highest BCUT2D eigenvalue weighted by Gasteiger charge is 2.26. The molecule has 0 saturated carbocycles. The number of nitrogens with two attached hydrogens (primary N) is 1. The molecular formula is C23H28ClN5O3. The van der Waals surface area contributed by atoms with Gasteiger partial charge in [0.1, 0.15) is 11.9 Å². The van der Waals surface area contributed by atoms with Crippen molar-refractivity contribution in [3.63, 3.8) is 0 Å². The molecule has 0 bridgehead atoms. The van der Waals surface area contributed by atoms with Crippen molar-refractivity contribution >= 4 is 40.8 Å². The summed E-state index contributed by atoms with van der Waals surface area (Å²) in [6.45, 7) is 5.06. The van der Waals surface area contributed by atoms with Crippen LogP contribution < -0.4 is 21.3 Å². The van der Waals surface area contributed by atoms with Gasteiger partial charge in [0.25, 0.3) is 5.91 Å². The molecule has 0 aliphatic carbocycles. The number of primary amides is 1. The van der Waals surface area contributed by atoms with Gasteiger partial charge in [-0.15, -0.1) is 0 Å². The molecule has 8 nitrogen and oxygen atoms in total. The van der Waals surface area contributed by atoms with Crippen molar-refractivity contribution in [1.82, 2.24) is 10.3 Å². The van der Waals surface area contributed by atoms with Crippen molar-refractivity contribution in [2.45, 2.75) is 32.7 Å². The van der Waals surface area contributed by atoms with Crippen molar-refractivity contribution in [2.24, 2.45) is 17.6 Å². The predicted octanol–water partition coefficient (Wildman–Crippen LogP) is 2.83. The van der Waals surface area contributed by atoms with E-state index in [0.717, 1.165) is 25.2 Å². The van der Waals surface area contributed by atoms with E-state index >= 15 is 0 Å². The van der Waals surface area contributed by atoms with Gasteiger partial charge in [0, 0.05) is 23.7 Å². The molecule has 1 aliphatic heterocycles. The third kappa shape index (κ3) is 5.97. The van der Waals surface area contributed by atoms with Crippen molar-refractivity contribution < 1.29 is 14.4 Å². The number of anilines is 2. The lowest BCUT2D eigenvalue weighted by Gasteiger charge is -2.32. The summed E-state index contributed by atoms with van der Waals surface area (Å²) >= 11 is 5.87. The Morgan fingerprint density at radius 2 is 1.88 bits per heavy atom. The van der Waals surface area contributed by atoms with Gasteiger partial charge >= 0.3 is 0 Å². The zero-order chi connectivity index (χ0) is 23.3. The molecular weight excluding hydrogens is 430 g/mol. The fourth-order valence-corrected chi connectivity index (χ4v) is 3.77. The first-order valence-corrected chi connectivity index (χ1v) is 11.0. The van der Waals surface area contributed by atoms with Gasteiger partial charge in [0.2, 0.25) is 11.8 Å². The second-order valence-electron chi connectivity index (χ2n) is 8.28. The molecule has 170 valence electrons. The minimum atomic E-state index is -0.726. The third-order valence-corrected chi connectivity index (χ3v) is 5.76. The van der Waals surface area contributed by atoms with Crippen LogP contribution in [0.1, 0.15) is 37.0 Å². The first kappa shape index (κ1) is 23.5. The normalized spacial score (nSPS) is 17.0. The number of carbonyl (C=O) groups is 3. The molecule has 1 aromatic heterocycles. The molecule has 2 heterocycles. The lowest BCUT2D eigenvalue weighted by Crippen LogP contribution is -2.47. The van der Waals surface area contributed by atoms with Crippen LogP contribution in [0, 0.1) is 11.8 Å². The van der Waals surface area contributed by atoms with Crippen LogP contribution in [-0.4, -0.2) is 41.8 Å². The van der Waals surface area contributed by atoms with Crippen LogP contribution in [0.5, 0.6) is 0 Å². The summed E-state index contributed by atoms with van der Waals surface area (Å²) in [5.74, 6) is -0.551. The van der Waals surface area contributed by atoms with Gasteiger partial charge in [-0.2, -0.15) is 0 Å². The van der Waals surface area contributed by atoms with E-state index in [1.807, 2.05) is 18.7 Å². The van der Waals surface area contributed by atoms with E-state index in [4.69, 9.17) is 17.3 Å². The van der Waals surface area contributed by atoms with E-state index in [1.54, 1.807) is 42.6 Å². The van der Waals surface area contributed by atoms with Crippen LogP contribution >= 0.6 is 11.6 Å². The third-order valence-electron chi connectivity index (χ3n) is 5.51. The van der Waals surface area contributed by atoms with Gasteiger partial charge in [-0.1, -0.05) is 25.4 Å². The molecule has 32 heavy (non-hydrogen) atoms. The molecule has 1 saturated heterocycles. The number of carbonyl (C=O) groups excluding carboxylic acids is 3. The molecule has 0 radical (unpaired) electrons. The Bertz CT molecular complexity index is 963. The fraction of sp³-hybridized carbons (Fsp3) is 0.391. The minimum Gasteiger partial charge on any atom is -0.369 e. The Kier molecular flexibility index (Phi) is 7.69. The number of piperidine rings is 1. The van der Waals surface area contributed by atoms with Crippen LogP contribution in [0.2, 0.25) is 5.02 Å². The van der Waals surface area contributed by atoms with E-state index in [9.17, 15) is 14.4 Å². The molecule has 1 fully saturated rings. The maximum Gasteiger partial charge on any atom is 0.251 e. The maximum atomic E-state index is 12.8. The lowest BCUT2D eigenvalue weighted by molar-refractivity contribution is -0.122. The number of pyridine rings is 1. The monoisotopic (exact) mass is 457 g/mol. The average molecular weight is 458 g/mol. The summed E-state index contributed by atoms with van der Waals surface area (Å²) in [4.78, 5) is 43.3. The number of hydrogen-bond donors (Lipinski definition) is 3. The maximum absolute atomic E-state index is 12.8. The predicted molar refractivity (Wildman–Crippen MR) is 125 cm³/mol. The summed E-state index contributed by atoms with van der Waals surface area (Å²) in [5.41, 5.74) is 6.40. The quantitative estimate of drug-likeness (QED) is 0.591. The van der Waals surface area contributed by atoms with Crippen molar-refractivity contribution in [2.75, 3.05) is 23.3 Å². The van der Waals surface area contributed by atoms with E-state index in [2.05, 4.69) is 15.6 Å². The molecule has 3 rings (SSSR count). The van der Waals surface area contributed by atoms with Crippen LogP contribution in [0.15, 0.2) is 42.6 Å². The molecule has 2 unspecified atom stereocenters. The molecule has 9 heteroatoms. The largest absolute Gasteiger partial charge is 0.369 e. The van der Waals surface area contributed by atoms with Gasteiger partial charge in [-0.3, -0.25) is 14.4 Å². The van der Waals surface area contributed by atoms with Gasteiger partial charge in [-0.25, -0.2) is 4.98 Å². The number of nitrogens with one attached hydrogen (secondary N) is 2. The summed E-state index contributed by atoms with van der Waals surface area (Å²) in [6.07, 6.45) is 3.23. The minimum absolute atomic E-state index is 0.127. The Morgan fingerprint density at radius 3 is 2.47 bits per heavy atom. The summed E-state index contributed by atoms with van der Waals surface area (Å²) in [5, 5.41) is 6.13. The highest BCUT2D eigenvalue weighted by atomic mass is 35.5. The van der Waals surface area contributed by atoms with Crippen LogP contribution in [0.3, 0.4) is 0 Å². The van der Waals surface area contributed by atoms with Crippen LogP contribution in [-0.2, 0) is 9.59 Å². The lowest BCUT2D eigenvalue weighted by atomic mass is 9.97. The van der Waals surface area contributed by atoms with Gasteiger partial charge in [0.15, 0.2) is 0 Å². The highest BCUT2D eigenvalue weighted by molar-refractivity contribution is 6.30. The van der Waals surface area contributed by atoms with E-state index < -0.39 is 6.04 Å². The first-order valence-electron chi connectivity index (χ1n) is 10.6. The zero-order valence-electron chi connectivity index (χ0n) is 18.2. The number of halogens is 1. The van der Waals surface area contributed by atoms with E-state index in [1.165, 1.54) is 0 Å². The number of amides is 3. The molecule has 1 aromatic carbocycles.